The Hall–Kier alpha value is -1.63. The molecule has 0 spiro atoms. The van der Waals surface area contributed by atoms with Crippen molar-refractivity contribution in [2.75, 3.05) is 12.3 Å². The van der Waals surface area contributed by atoms with Gasteiger partial charge >= 0.3 is 5.97 Å². The molecule has 0 saturated carbocycles. The summed E-state index contributed by atoms with van der Waals surface area (Å²) >= 11 is 0. The number of rotatable bonds is 4. The van der Waals surface area contributed by atoms with Gasteiger partial charge in [-0.05, 0) is 27.7 Å². The van der Waals surface area contributed by atoms with Gasteiger partial charge in [0.15, 0.2) is 5.82 Å². The van der Waals surface area contributed by atoms with E-state index < -0.39 is 11.6 Å². The Balaban J connectivity index is 2.78. The molecule has 0 aliphatic heterocycles. The number of hydrogen-bond acceptors (Lipinski definition) is 6. The fourth-order valence-corrected chi connectivity index (χ4v) is 1.07. The van der Waals surface area contributed by atoms with E-state index in [9.17, 15) is 4.79 Å². The van der Waals surface area contributed by atoms with Gasteiger partial charge in [0.2, 0.25) is 5.69 Å². The van der Waals surface area contributed by atoms with Crippen LogP contribution in [0.15, 0.2) is 0 Å². The molecular formula is C10H18N4O3. The lowest BCUT2D eigenvalue weighted by atomic mass is 10.2. The van der Waals surface area contributed by atoms with E-state index >= 15 is 0 Å². The molecule has 0 amide bonds. The Morgan fingerprint density at radius 1 is 1.47 bits per heavy atom. The van der Waals surface area contributed by atoms with Gasteiger partial charge in [-0.2, -0.15) is 0 Å². The third-order valence-corrected chi connectivity index (χ3v) is 1.78. The lowest BCUT2D eigenvalue weighted by molar-refractivity contribution is 0.00640. The Morgan fingerprint density at radius 3 is 2.65 bits per heavy atom. The number of nitrogen functional groups attached to an aromatic ring is 1. The van der Waals surface area contributed by atoms with Crippen LogP contribution in [0, 0.1) is 0 Å². The molecule has 0 bridgehead atoms. The van der Waals surface area contributed by atoms with Gasteiger partial charge in [-0.1, -0.05) is 5.21 Å². The van der Waals surface area contributed by atoms with E-state index in [-0.39, 0.29) is 18.2 Å². The summed E-state index contributed by atoms with van der Waals surface area (Å²) in [5, 5.41) is 7.41. The predicted molar refractivity (Wildman–Crippen MR) is 61.2 cm³/mol. The summed E-state index contributed by atoms with van der Waals surface area (Å²) in [6, 6.07) is 0. The van der Waals surface area contributed by atoms with Gasteiger partial charge in [-0.25, -0.2) is 9.48 Å². The van der Waals surface area contributed by atoms with Crippen molar-refractivity contribution < 1.29 is 14.3 Å². The van der Waals surface area contributed by atoms with Gasteiger partial charge < -0.3 is 15.2 Å². The minimum atomic E-state index is -0.590. The SMILES string of the molecule is CCOCn1nnc(C(=O)OC(C)(C)C)c1N. The van der Waals surface area contributed by atoms with E-state index in [1.807, 2.05) is 6.92 Å². The number of carbonyl (C=O) groups is 1. The molecule has 0 fully saturated rings. The highest BCUT2D eigenvalue weighted by molar-refractivity contribution is 5.92. The minimum Gasteiger partial charge on any atom is -0.455 e. The van der Waals surface area contributed by atoms with Crippen molar-refractivity contribution in [3.05, 3.63) is 5.69 Å². The maximum atomic E-state index is 11.7. The molecule has 2 N–H and O–H groups in total. The molecular weight excluding hydrogens is 224 g/mol. The largest absolute Gasteiger partial charge is 0.455 e. The van der Waals surface area contributed by atoms with Crippen molar-refractivity contribution in [3.8, 4) is 0 Å². The zero-order chi connectivity index (χ0) is 13.1. The second kappa shape index (κ2) is 5.13. The van der Waals surface area contributed by atoms with Gasteiger partial charge in [-0.3, -0.25) is 0 Å². The highest BCUT2D eigenvalue weighted by Crippen LogP contribution is 2.14. The monoisotopic (exact) mass is 242 g/mol. The normalized spacial score (nSPS) is 11.5. The molecule has 96 valence electrons. The van der Waals surface area contributed by atoms with Crippen molar-refractivity contribution >= 4 is 11.8 Å². The number of esters is 1. The molecule has 0 atom stereocenters. The highest BCUT2D eigenvalue weighted by Gasteiger charge is 2.24. The second-order valence-electron chi connectivity index (χ2n) is 4.45. The molecule has 7 heteroatoms. The van der Waals surface area contributed by atoms with Crippen molar-refractivity contribution in [1.29, 1.82) is 0 Å². The van der Waals surface area contributed by atoms with Gasteiger partial charge in [0.05, 0.1) is 0 Å². The third-order valence-electron chi connectivity index (χ3n) is 1.78. The van der Waals surface area contributed by atoms with Crippen molar-refractivity contribution in [1.82, 2.24) is 15.0 Å². The van der Waals surface area contributed by atoms with Gasteiger partial charge in [-0.15, -0.1) is 5.10 Å². The summed E-state index contributed by atoms with van der Waals surface area (Å²) < 4.78 is 11.6. The van der Waals surface area contributed by atoms with Crippen LogP contribution in [0.4, 0.5) is 5.82 Å². The lowest BCUT2D eigenvalue weighted by Crippen LogP contribution is -2.24. The number of nitrogens with two attached hydrogens (primary N) is 1. The van der Waals surface area contributed by atoms with Crippen LogP contribution in [-0.4, -0.2) is 33.2 Å². The fourth-order valence-electron chi connectivity index (χ4n) is 1.07. The second-order valence-corrected chi connectivity index (χ2v) is 4.45. The summed E-state index contributed by atoms with van der Waals surface area (Å²) in [7, 11) is 0. The van der Waals surface area contributed by atoms with Crippen LogP contribution in [0.1, 0.15) is 38.2 Å². The first-order valence-electron chi connectivity index (χ1n) is 5.35. The number of nitrogens with zero attached hydrogens (tertiary/aromatic N) is 3. The van der Waals surface area contributed by atoms with Crippen LogP contribution >= 0.6 is 0 Å². The van der Waals surface area contributed by atoms with Crippen LogP contribution in [-0.2, 0) is 16.2 Å². The van der Waals surface area contributed by atoms with E-state index in [0.717, 1.165) is 0 Å². The van der Waals surface area contributed by atoms with E-state index in [2.05, 4.69) is 10.3 Å². The number of hydrogen-bond donors (Lipinski definition) is 1. The molecule has 7 nitrogen and oxygen atoms in total. The average Bonchev–Trinajstić information content (AvgIpc) is 2.54. The summed E-state index contributed by atoms with van der Waals surface area (Å²) in [6.45, 7) is 7.85. The zero-order valence-electron chi connectivity index (χ0n) is 10.6. The summed E-state index contributed by atoms with van der Waals surface area (Å²) in [5.41, 5.74) is 5.14. The molecule has 1 rings (SSSR count). The van der Waals surface area contributed by atoms with E-state index in [1.165, 1.54) is 4.68 Å². The molecule has 1 aromatic rings. The van der Waals surface area contributed by atoms with Gasteiger partial charge in [0.1, 0.15) is 12.3 Å². The third kappa shape index (κ3) is 3.70. The van der Waals surface area contributed by atoms with Crippen LogP contribution in [0.25, 0.3) is 0 Å². The summed E-state index contributed by atoms with van der Waals surface area (Å²) in [6.07, 6.45) is 0. The topological polar surface area (TPSA) is 92.3 Å². The number of carbonyl (C=O) groups excluding carboxylic acids is 1. The maximum absolute atomic E-state index is 11.7. The predicted octanol–water partition coefficient (Wildman–Crippen LogP) is 0.810. The molecule has 0 aromatic carbocycles. The van der Waals surface area contributed by atoms with Gasteiger partial charge in [0.25, 0.3) is 0 Å². The molecule has 0 radical (unpaired) electrons. The summed E-state index contributed by atoms with van der Waals surface area (Å²) in [5.74, 6) is -0.439. The minimum absolute atomic E-state index is 0.0135. The van der Waals surface area contributed by atoms with E-state index in [4.69, 9.17) is 15.2 Å². The molecule has 1 heterocycles. The van der Waals surface area contributed by atoms with E-state index in [1.54, 1.807) is 20.8 Å². The molecule has 0 saturated heterocycles. The standard InChI is InChI=1S/C10H18N4O3/c1-5-16-6-14-8(11)7(12-13-14)9(15)17-10(2,3)4/h5-6,11H2,1-4H3. The first kappa shape index (κ1) is 13.4. The van der Waals surface area contributed by atoms with Crippen molar-refractivity contribution in [3.63, 3.8) is 0 Å². The van der Waals surface area contributed by atoms with Crippen LogP contribution < -0.4 is 5.73 Å². The first-order valence-corrected chi connectivity index (χ1v) is 5.35. The van der Waals surface area contributed by atoms with Crippen molar-refractivity contribution in [2.45, 2.75) is 40.0 Å². The Morgan fingerprint density at radius 2 is 2.12 bits per heavy atom. The fraction of sp³-hybridized carbons (Fsp3) is 0.700. The molecule has 1 aromatic heterocycles. The first-order chi connectivity index (χ1) is 7.85. The maximum Gasteiger partial charge on any atom is 0.363 e. The lowest BCUT2D eigenvalue weighted by Gasteiger charge is -2.18. The Kier molecular flexibility index (Phi) is 4.06. The Labute approximate surface area is 99.9 Å². The van der Waals surface area contributed by atoms with Crippen LogP contribution in [0.3, 0.4) is 0 Å². The quantitative estimate of drug-likeness (QED) is 0.785. The van der Waals surface area contributed by atoms with E-state index in [0.29, 0.717) is 6.61 Å². The van der Waals surface area contributed by atoms with Crippen LogP contribution in [0.2, 0.25) is 0 Å². The Bertz CT molecular complexity index is 395. The summed E-state index contributed by atoms with van der Waals surface area (Å²) in [4.78, 5) is 11.7. The molecule has 17 heavy (non-hydrogen) atoms. The number of anilines is 1. The average molecular weight is 242 g/mol. The number of ether oxygens (including phenoxy) is 2. The molecule has 0 unspecified atom stereocenters. The van der Waals surface area contributed by atoms with Crippen LogP contribution in [0.5, 0.6) is 0 Å². The zero-order valence-corrected chi connectivity index (χ0v) is 10.6. The molecule has 0 aliphatic carbocycles. The number of aromatic nitrogens is 3. The smallest absolute Gasteiger partial charge is 0.363 e. The molecule has 0 aliphatic rings. The highest BCUT2D eigenvalue weighted by atomic mass is 16.6. The van der Waals surface area contributed by atoms with Crippen molar-refractivity contribution in [2.24, 2.45) is 0 Å². The van der Waals surface area contributed by atoms with Gasteiger partial charge in [0, 0.05) is 6.61 Å².